The van der Waals surface area contributed by atoms with Crippen molar-refractivity contribution in [1.29, 1.82) is 0 Å². The molecule has 1 unspecified atom stereocenters. The van der Waals surface area contributed by atoms with Crippen molar-refractivity contribution in [2.75, 3.05) is 0 Å². The monoisotopic (exact) mass is 1310 g/mol. The molecule has 13 rings (SSSR count). The Hall–Kier alpha value is -10.4. The fraction of sp³-hybridized carbons (Fsp3) is 0.205. The first-order chi connectivity index (χ1) is 46.7. The molecule has 0 bridgehead atoms. The molecule has 18 heteroatoms. The van der Waals surface area contributed by atoms with E-state index in [-0.39, 0.29) is 71.6 Å². The summed E-state index contributed by atoms with van der Waals surface area (Å²) in [6.45, 7) is 7.58. The molecule has 4 fully saturated rings. The molecule has 0 aromatic heterocycles. The van der Waals surface area contributed by atoms with E-state index in [1.54, 1.807) is 48.5 Å². The summed E-state index contributed by atoms with van der Waals surface area (Å²) in [5.41, 5.74) is 6.21. The van der Waals surface area contributed by atoms with E-state index >= 15 is 38.4 Å². The van der Waals surface area contributed by atoms with Gasteiger partial charge in [0.05, 0.1) is 24.2 Å². The van der Waals surface area contributed by atoms with Crippen molar-refractivity contribution in [3.05, 3.63) is 309 Å². The Kier molecular flexibility index (Phi) is 18.7. The molecule has 16 nitrogen and oxygen atoms in total. The average Bonchev–Trinajstić information content (AvgIpc) is 1.55. The maximum atomic E-state index is 15.5. The van der Waals surface area contributed by atoms with Gasteiger partial charge in [0.1, 0.15) is 23.1 Å². The molecule has 96 heavy (non-hydrogen) atoms. The van der Waals surface area contributed by atoms with Crippen LogP contribution in [-0.2, 0) is 19.2 Å². The second-order valence-electron chi connectivity index (χ2n) is 24.5. The normalized spacial score (nSPS) is 19.8. The van der Waals surface area contributed by atoms with E-state index in [0.29, 0.717) is 32.9 Å². The molecule has 9 aromatic rings. The highest BCUT2D eigenvalue weighted by Gasteiger charge is 2.60. The Morgan fingerprint density at radius 1 is 0.292 bits per heavy atom. The topological polar surface area (TPSA) is 198 Å². The second kappa shape index (κ2) is 27.9. The first-order valence-corrected chi connectivity index (χ1v) is 35.4. The van der Waals surface area contributed by atoms with Gasteiger partial charge in [0.2, 0.25) is 23.6 Å². The number of amides is 8. The number of hydrogen-bond acceptors (Lipinski definition) is 8. The van der Waals surface area contributed by atoms with Crippen LogP contribution in [0.3, 0.4) is 0 Å². The predicted molar refractivity (Wildman–Crippen MR) is 371 cm³/mol. The summed E-state index contributed by atoms with van der Waals surface area (Å²) >= 11 is 0. The van der Waals surface area contributed by atoms with Gasteiger partial charge in [-0.3, -0.25) is 38.4 Å². The molecule has 4 heterocycles. The average molecular weight is 1310 g/mol. The van der Waals surface area contributed by atoms with Crippen LogP contribution in [0.5, 0.6) is 0 Å². The smallest absolute Gasteiger partial charge is 0.252 e. The lowest BCUT2D eigenvalue weighted by Gasteiger charge is -2.38. The lowest BCUT2D eigenvalue weighted by atomic mass is 10.0. The van der Waals surface area contributed by atoms with Gasteiger partial charge in [0, 0.05) is 47.9 Å². The Balaban J connectivity index is 1.07. The van der Waals surface area contributed by atoms with Crippen molar-refractivity contribution >= 4 is 73.7 Å². The van der Waals surface area contributed by atoms with E-state index in [1.165, 1.54) is 20.0 Å². The number of fused-ring (bicyclic) bond motifs is 2. The number of carbonyl (C=O) groups is 8. The minimum atomic E-state index is -2.20. The van der Waals surface area contributed by atoms with Gasteiger partial charge in [-0.2, -0.15) is 0 Å². The maximum absolute atomic E-state index is 15.5. The molecular weight excluding hydrogens is 1240 g/mol. The van der Waals surface area contributed by atoms with Gasteiger partial charge in [-0.15, -0.1) is 0 Å². The highest BCUT2D eigenvalue weighted by molar-refractivity contribution is 7.73. The van der Waals surface area contributed by atoms with Gasteiger partial charge in [0.25, 0.3) is 23.6 Å². The Morgan fingerprint density at radius 2 is 0.479 bits per heavy atom. The van der Waals surface area contributed by atoms with Crippen molar-refractivity contribution in [3.8, 4) is 0 Å². The quantitative estimate of drug-likeness (QED) is 0.0609. The zero-order valence-corrected chi connectivity index (χ0v) is 55.3. The molecule has 0 aliphatic carbocycles. The van der Waals surface area contributed by atoms with Crippen LogP contribution < -0.4 is 31.9 Å². The fourth-order valence-corrected chi connectivity index (χ4v) is 21.3. The van der Waals surface area contributed by atoms with Gasteiger partial charge in [-0.05, 0) is 123 Å². The van der Waals surface area contributed by atoms with E-state index in [1.807, 2.05) is 222 Å². The third-order valence-electron chi connectivity index (χ3n) is 18.5. The van der Waals surface area contributed by atoms with Crippen LogP contribution >= 0.6 is 15.8 Å². The SMILES string of the molecule is C[C@H](NC(=O)c1ccccc1[C@@H]1N2C(=O)CCC(=O)N2[C@@H](c2ccccc2C(=O)N[C@H](C)c2ccccc2)P1c1ccccc1P1[C@H](c2ccccc2C(=O)N[C@H](C)c2ccccc2)N2C(=O)CCC(=O)N2[C@H]1c1ccccc1C(=O)N[C@H](C)c1ccccc1)c1ccccc1. The van der Waals surface area contributed by atoms with E-state index in [4.69, 9.17) is 0 Å². The van der Waals surface area contributed by atoms with Crippen molar-refractivity contribution in [2.24, 2.45) is 0 Å². The summed E-state index contributed by atoms with van der Waals surface area (Å²) in [4.78, 5) is 123. The number of carbonyl (C=O) groups excluding carboxylic acids is 8. The van der Waals surface area contributed by atoms with Crippen molar-refractivity contribution < 1.29 is 38.4 Å². The van der Waals surface area contributed by atoms with E-state index in [2.05, 4.69) is 21.3 Å². The number of nitrogens with zero attached hydrogens (tertiary/aromatic N) is 4. The molecular formula is C78H72N8O8P2. The summed E-state index contributed by atoms with van der Waals surface area (Å²) < 4.78 is 0. The second-order valence-corrected chi connectivity index (χ2v) is 29.1. The van der Waals surface area contributed by atoms with Crippen LogP contribution in [0.25, 0.3) is 0 Å². The molecule has 0 saturated carbocycles. The third-order valence-corrected chi connectivity index (χ3v) is 24.7. The molecule has 9 aromatic carbocycles. The van der Waals surface area contributed by atoms with Crippen molar-refractivity contribution in [2.45, 2.75) is 101 Å². The molecule has 8 amide bonds. The maximum Gasteiger partial charge on any atom is 0.252 e. The van der Waals surface area contributed by atoms with Crippen molar-refractivity contribution in [1.82, 2.24) is 41.3 Å². The van der Waals surface area contributed by atoms with E-state index in [9.17, 15) is 0 Å². The van der Waals surface area contributed by atoms with Crippen LogP contribution in [0.1, 0.15) is 187 Å². The summed E-state index contributed by atoms with van der Waals surface area (Å²) in [6, 6.07) is 72.6. The predicted octanol–water partition coefficient (Wildman–Crippen LogP) is 13.4. The Morgan fingerprint density at radius 3 is 0.698 bits per heavy atom. The molecule has 0 radical (unpaired) electrons. The van der Waals surface area contributed by atoms with Crippen LogP contribution in [0.2, 0.25) is 0 Å². The summed E-state index contributed by atoms with van der Waals surface area (Å²) in [6.07, 6.45) is -0.579. The first kappa shape index (κ1) is 64.3. The fourth-order valence-electron chi connectivity index (χ4n) is 13.8. The number of hydrazine groups is 2. The number of benzene rings is 9. The summed E-state index contributed by atoms with van der Waals surface area (Å²) in [5, 5.41) is 20.2. The number of hydrogen-bond donors (Lipinski definition) is 4. The summed E-state index contributed by atoms with van der Waals surface area (Å²) in [7, 11) is -4.41. The molecule has 9 atom stereocenters. The zero-order valence-electron chi connectivity index (χ0n) is 53.5. The first-order valence-electron chi connectivity index (χ1n) is 32.4. The molecule has 482 valence electrons. The zero-order chi connectivity index (χ0) is 66.7. The van der Waals surface area contributed by atoms with Crippen LogP contribution in [-0.4, -0.2) is 67.3 Å². The molecule has 4 aliphatic rings. The minimum absolute atomic E-state index is 0.145. The molecule has 4 N–H and O–H groups in total. The lowest BCUT2D eigenvalue weighted by Crippen LogP contribution is -2.50. The third kappa shape index (κ3) is 12.4. The summed E-state index contributed by atoms with van der Waals surface area (Å²) in [5.74, 6) is -7.60. The Bertz CT molecular complexity index is 3910. The Labute approximate surface area is 560 Å². The van der Waals surface area contributed by atoms with Gasteiger partial charge in [-0.1, -0.05) is 218 Å². The lowest BCUT2D eigenvalue weighted by molar-refractivity contribution is -0.171. The van der Waals surface area contributed by atoms with Gasteiger partial charge < -0.3 is 21.3 Å². The highest BCUT2D eigenvalue weighted by atomic mass is 31.1. The van der Waals surface area contributed by atoms with Crippen LogP contribution in [0.15, 0.2) is 243 Å². The number of nitrogens with one attached hydrogen (secondary N) is 4. The molecule has 4 aliphatic heterocycles. The van der Waals surface area contributed by atoms with Crippen LogP contribution in [0, 0.1) is 0 Å². The van der Waals surface area contributed by atoms with Gasteiger partial charge >= 0.3 is 0 Å². The van der Waals surface area contributed by atoms with Crippen LogP contribution in [0.4, 0.5) is 0 Å². The van der Waals surface area contributed by atoms with Crippen molar-refractivity contribution in [3.63, 3.8) is 0 Å². The van der Waals surface area contributed by atoms with E-state index in [0.717, 1.165) is 22.3 Å². The molecule has 0 spiro atoms. The standard InChI is InChI=1S/C78H72N8O8P2/c1-49(53-27-9-5-10-28-53)79-71(91)57-35-17-21-39-61(57)75-83-67(87)45-46-68(88)84(83)76(62-40-22-18-36-58(62)72(92)80-50(2)54-29-11-6-12-30-54)95(75)65-43-25-26-44-66(65)96-77(63-41-23-19-37-59(63)73(93)81-51(3)55-31-13-7-14-32-55)85-69(89)47-48-70(90)86(85)78(96)64-42-24-20-38-60(64)74(94)82-52(4)56-33-15-8-16-34-56/h5-44,49-52,75-78H,45-48H2,1-4H3,(H,79,91)(H,80,92)(H,81,93)(H,82,94)/t49-,50-,51-,52+,75-,76-,77-,78-,96?/m1/s1. The highest BCUT2D eigenvalue weighted by Crippen LogP contribution is 2.74. The van der Waals surface area contributed by atoms with Gasteiger partial charge in [0.15, 0.2) is 0 Å². The number of rotatable bonds is 18. The largest absolute Gasteiger partial charge is 0.346 e. The van der Waals surface area contributed by atoms with Gasteiger partial charge in [-0.25, -0.2) is 20.0 Å². The van der Waals surface area contributed by atoms with E-state index < -0.39 is 86.8 Å². The molecule has 4 saturated heterocycles. The minimum Gasteiger partial charge on any atom is -0.346 e.